The normalized spacial score (nSPS) is 37.4. The van der Waals surface area contributed by atoms with Crippen LogP contribution in [0.4, 0.5) is 0 Å². The van der Waals surface area contributed by atoms with Crippen molar-refractivity contribution in [3.05, 3.63) is 0 Å². The third-order valence-corrected chi connectivity index (χ3v) is 2.86. The SMILES string of the molecule is CCC(C)OC1CCC(N)CC1N. The number of nitrogens with two attached hydrogens (primary N) is 2. The van der Waals surface area contributed by atoms with E-state index in [0.29, 0.717) is 6.10 Å². The topological polar surface area (TPSA) is 61.3 Å². The minimum atomic E-state index is 0.137. The molecule has 0 heterocycles. The van der Waals surface area contributed by atoms with E-state index in [-0.39, 0.29) is 18.2 Å². The predicted molar refractivity (Wildman–Crippen MR) is 54.4 cm³/mol. The molecule has 4 atom stereocenters. The third-order valence-electron chi connectivity index (χ3n) is 2.86. The van der Waals surface area contributed by atoms with Crippen molar-refractivity contribution in [1.82, 2.24) is 0 Å². The van der Waals surface area contributed by atoms with E-state index < -0.39 is 0 Å². The molecule has 1 saturated carbocycles. The molecule has 0 amide bonds. The summed E-state index contributed by atoms with van der Waals surface area (Å²) in [4.78, 5) is 0. The zero-order valence-corrected chi connectivity index (χ0v) is 8.70. The summed E-state index contributed by atoms with van der Waals surface area (Å²) in [6, 6.07) is 0.421. The molecular formula is C10H22N2O. The van der Waals surface area contributed by atoms with Gasteiger partial charge in [-0.25, -0.2) is 0 Å². The molecule has 4 N–H and O–H groups in total. The van der Waals surface area contributed by atoms with Crippen LogP contribution in [-0.2, 0) is 4.74 Å². The van der Waals surface area contributed by atoms with Crippen molar-refractivity contribution in [2.75, 3.05) is 0 Å². The van der Waals surface area contributed by atoms with Crippen LogP contribution in [0.5, 0.6) is 0 Å². The molecule has 1 rings (SSSR count). The van der Waals surface area contributed by atoms with Crippen LogP contribution in [0.3, 0.4) is 0 Å². The second kappa shape index (κ2) is 4.94. The smallest absolute Gasteiger partial charge is 0.0730 e. The van der Waals surface area contributed by atoms with Crippen LogP contribution in [-0.4, -0.2) is 24.3 Å². The van der Waals surface area contributed by atoms with Gasteiger partial charge in [0, 0.05) is 12.1 Å². The molecule has 0 radical (unpaired) electrons. The summed E-state index contributed by atoms with van der Waals surface area (Å²) in [5.74, 6) is 0. The van der Waals surface area contributed by atoms with Gasteiger partial charge in [-0.2, -0.15) is 0 Å². The summed E-state index contributed by atoms with van der Waals surface area (Å²) in [5.41, 5.74) is 11.8. The average Bonchev–Trinajstić information content (AvgIpc) is 2.09. The van der Waals surface area contributed by atoms with Crippen molar-refractivity contribution in [1.29, 1.82) is 0 Å². The third kappa shape index (κ3) is 3.25. The molecule has 0 bridgehead atoms. The van der Waals surface area contributed by atoms with Crippen molar-refractivity contribution in [2.45, 2.75) is 63.8 Å². The summed E-state index contributed by atoms with van der Waals surface area (Å²) >= 11 is 0. The number of hydrogen-bond donors (Lipinski definition) is 2. The Morgan fingerprint density at radius 1 is 1.38 bits per heavy atom. The van der Waals surface area contributed by atoms with Crippen LogP contribution in [0.1, 0.15) is 39.5 Å². The largest absolute Gasteiger partial charge is 0.374 e. The summed E-state index contributed by atoms with van der Waals surface area (Å²) in [6.07, 6.45) is 4.58. The highest BCUT2D eigenvalue weighted by Crippen LogP contribution is 2.20. The van der Waals surface area contributed by atoms with Crippen molar-refractivity contribution in [3.8, 4) is 0 Å². The van der Waals surface area contributed by atoms with Gasteiger partial charge in [0.15, 0.2) is 0 Å². The van der Waals surface area contributed by atoms with E-state index >= 15 is 0 Å². The lowest BCUT2D eigenvalue weighted by molar-refractivity contribution is -0.0348. The van der Waals surface area contributed by atoms with Gasteiger partial charge in [0.25, 0.3) is 0 Å². The predicted octanol–water partition coefficient (Wildman–Crippen LogP) is 1.01. The Morgan fingerprint density at radius 3 is 2.62 bits per heavy atom. The fourth-order valence-corrected chi connectivity index (χ4v) is 1.78. The Balaban J connectivity index is 2.33. The fourth-order valence-electron chi connectivity index (χ4n) is 1.78. The Bertz CT molecular complexity index is 152. The Kier molecular flexibility index (Phi) is 4.16. The molecule has 0 aliphatic heterocycles. The molecule has 0 spiro atoms. The highest BCUT2D eigenvalue weighted by Gasteiger charge is 2.27. The van der Waals surface area contributed by atoms with Gasteiger partial charge in [-0.15, -0.1) is 0 Å². The lowest BCUT2D eigenvalue weighted by atomic mass is 9.89. The quantitative estimate of drug-likeness (QED) is 0.691. The Labute approximate surface area is 80.8 Å². The molecule has 78 valence electrons. The maximum atomic E-state index is 5.97. The second-order valence-corrected chi connectivity index (χ2v) is 4.13. The standard InChI is InChI=1S/C10H22N2O/c1-3-7(2)13-10-5-4-8(11)6-9(10)12/h7-10H,3-6,11-12H2,1-2H3. The molecule has 3 heteroatoms. The Hall–Kier alpha value is -0.120. The first-order valence-electron chi connectivity index (χ1n) is 5.30. The van der Waals surface area contributed by atoms with Gasteiger partial charge in [0.2, 0.25) is 0 Å². The molecule has 13 heavy (non-hydrogen) atoms. The summed E-state index contributed by atoms with van der Waals surface area (Å²) in [5, 5.41) is 0. The number of rotatable bonds is 3. The molecular weight excluding hydrogens is 164 g/mol. The minimum absolute atomic E-state index is 0.137. The average molecular weight is 186 g/mol. The molecule has 0 aromatic heterocycles. The van der Waals surface area contributed by atoms with E-state index in [1.54, 1.807) is 0 Å². The zero-order valence-electron chi connectivity index (χ0n) is 8.70. The van der Waals surface area contributed by atoms with Crippen LogP contribution < -0.4 is 11.5 Å². The van der Waals surface area contributed by atoms with Crippen LogP contribution in [0.2, 0.25) is 0 Å². The maximum absolute atomic E-state index is 5.97. The van der Waals surface area contributed by atoms with E-state index in [4.69, 9.17) is 16.2 Å². The van der Waals surface area contributed by atoms with Gasteiger partial charge in [-0.3, -0.25) is 0 Å². The fraction of sp³-hybridized carbons (Fsp3) is 1.00. The summed E-state index contributed by atoms with van der Waals surface area (Å²) in [6.45, 7) is 4.23. The molecule has 0 aromatic rings. The van der Waals surface area contributed by atoms with Crippen molar-refractivity contribution in [2.24, 2.45) is 11.5 Å². The van der Waals surface area contributed by atoms with E-state index in [0.717, 1.165) is 25.7 Å². The molecule has 1 fully saturated rings. The molecule has 3 nitrogen and oxygen atoms in total. The van der Waals surface area contributed by atoms with E-state index in [2.05, 4.69) is 13.8 Å². The lowest BCUT2D eigenvalue weighted by Crippen LogP contribution is -2.47. The van der Waals surface area contributed by atoms with Gasteiger partial charge in [0.05, 0.1) is 12.2 Å². The molecule has 0 saturated heterocycles. The van der Waals surface area contributed by atoms with Crippen molar-refractivity contribution < 1.29 is 4.74 Å². The van der Waals surface area contributed by atoms with Gasteiger partial charge in [-0.1, -0.05) is 6.92 Å². The van der Waals surface area contributed by atoms with Crippen LogP contribution >= 0.6 is 0 Å². The monoisotopic (exact) mass is 186 g/mol. The summed E-state index contributed by atoms with van der Waals surface area (Å²) < 4.78 is 5.82. The van der Waals surface area contributed by atoms with Gasteiger partial charge in [-0.05, 0) is 32.6 Å². The number of ether oxygens (including phenoxy) is 1. The molecule has 0 aromatic carbocycles. The van der Waals surface area contributed by atoms with E-state index in [1.807, 2.05) is 0 Å². The second-order valence-electron chi connectivity index (χ2n) is 4.13. The first kappa shape index (κ1) is 11.0. The van der Waals surface area contributed by atoms with Crippen LogP contribution in [0.15, 0.2) is 0 Å². The van der Waals surface area contributed by atoms with Crippen LogP contribution in [0, 0.1) is 0 Å². The minimum Gasteiger partial charge on any atom is -0.374 e. The van der Waals surface area contributed by atoms with Gasteiger partial charge < -0.3 is 16.2 Å². The van der Waals surface area contributed by atoms with Crippen LogP contribution in [0.25, 0.3) is 0 Å². The highest BCUT2D eigenvalue weighted by atomic mass is 16.5. The maximum Gasteiger partial charge on any atom is 0.0730 e. The van der Waals surface area contributed by atoms with Gasteiger partial charge in [0.1, 0.15) is 0 Å². The highest BCUT2D eigenvalue weighted by molar-refractivity contribution is 4.85. The van der Waals surface area contributed by atoms with E-state index in [9.17, 15) is 0 Å². The molecule has 4 unspecified atom stereocenters. The van der Waals surface area contributed by atoms with Gasteiger partial charge >= 0.3 is 0 Å². The summed E-state index contributed by atoms with van der Waals surface area (Å²) in [7, 11) is 0. The lowest BCUT2D eigenvalue weighted by Gasteiger charge is -2.33. The first-order valence-corrected chi connectivity index (χ1v) is 5.30. The van der Waals surface area contributed by atoms with Crippen molar-refractivity contribution in [3.63, 3.8) is 0 Å². The Morgan fingerprint density at radius 2 is 2.08 bits per heavy atom. The number of hydrogen-bond acceptors (Lipinski definition) is 3. The van der Waals surface area contributed by atoms with Crippen molar-refractivity contribution >= 4 is 0 Å². The zero-order chi connectivity index (χ0) is 9.84. The molecule has 1 aliphatic carbocycles. The molecule has 1 aliphatic rings. The first-order chi connectivity index (χ1) is 6.13. The van der Waals surface area contributed by atoms with E-state index in [1.165, 1.54) is 0 Å².